The lowest BCUT2D eigenvalue weighted by Gasteiger charge is -2.00. The molecule has 2 heterocycles. The number of hydrogen-bond acceptors (Lipinski definition) is 4. The number of allylic oxidation sites excluding steroid dienone is 1. The number of thiophene rings is 2. The van der Waals surface area contributed by atoms with E-state index in [9.17, 15) is 9.59 Å². The standard InChI is InChI=1S/C22H10Cl2O2S2/c23-14-6-7-15(24)20-19(14)21(25)13(22(20)26)8-12-9-17-18(27-12)10-16(28-17)11-4-2-1-3-5-11/h1-10H. The Hall–Kier alpha value is -2.24. The first-order valence-corrected chi connectivity index (χ1v) is 10.8. The molecule has 4 aromatic rings. The molecule has 0 atom stereocenters. The maximum atomic E-state index is 12.8. The Balaban J connectivity index is 1.55. The molecule has 2 aromatic heterocycles. The highest BCUT2D eigenvalue weighted by Crippen LogP contribution is 2.41. The summed E-state index contributed by atoms with van der Waals surface area (Å²) in [5, 5.41) is 0.502. The van der Waals surface area contributed by atoms with Gasteiger partial charge in [0.15, 0.2) is 11.6 Å². The normalized spacial score (nSPS) is 13.4. The van der Waals surface area contributed by atoms with Gasteiger partial charge in [-0.3, -0.25) is 9.59 Å². The van der Waals surface area contributed by atoms with Gasteiger partial charge in [-0.1, -0.05) is 53.5 Å². The zero-order valence-electron chi connectivity index (χ0n) is 14.2. The molecule has 0 bridgehead atoms. The van der Waals surface area contributed by atoms with Gasteiger partial charge in [-0.15, -0.1) is 22.7 Å². The lowest BCUT2D eigenvalue weighted by atomic mass is 10.1. The molecule has 0 saturated carbocycles. The maximum absolute atomic E-state index is 12.8. The summed E-state index contributed by atoms with van der Waals surface area (Å²) in [6, 6.07) is 17.4. The van der Waals surface area contributed by atoms with Crippen molar-refractivity contribution in [2.24, 2.45) is 0 Å². The number of carbonyl (C=O) groups excluding carboxylic acids is 2. The van der Waals surface area contributed by atoms with Gasteiger partial charge < -0.3 is 0 Å². The Morgan fingerprint density at radius 1 is 0.750 bits per heavy atom. The fourth-order valence-electron chi connectivity index (χ4n) is 3.31. The Bertz CT molecular complexity index is 1240. The summed E-state index contributed by atoms with van der Waals surface area (Å²) < 4.78 is 2.25. The highest BCUT2D eigenvalue weighted by Gasteiger charge is 2.37. The molecule has 0 radical (unpaired) electrons. The minimum atomic E-state index is -0.366. The van der Waals surface area contributed by atoms with E-state index in [0.29, 0.717) is 0 Å². The first kappa shape index (κ1) is 17.8. The van der Waals surface area contributed by atoms with E-state index in [2.05, 4.69) is 18.2 Å². The molecule has 2 nitrogen and oxygen atoms in total. The minimum absolute atomic E-state index is 0.113. The van der Waals surface area contributed by atoms with Crippen molar-refractivity contribution < 1.29 is 9.59 Å². The number of benzene rings is 2. The third-order valence-electron chi connectivity index (χ3n) is 4.62. The van der Waals surface area contributed by atoms with E-state index < -0.39 is 0 Å². The van der Waals surface area contributed by atoms with Crippen molar-refractivity contribution in [3.05, 3.63) is 86.2 Å². The topological polar surface area (TPSA) is 34.1 Å². The smallest absolute Gasteiger partial charge is 0.199 e. The molecule has 0 amide bonds. The zero-order valence-corrected chi connectivity index (χ0v) is 17.3. The quantitative estimate of drug-likeness (QED) is 0.240. The summed E-state index contributed by atoms with van der Waals surface area (Å²) >= 11 is 15.5. The number of rotatable bonds is 2. The van der Waals surface area contributed by atoms with Crippen molar-refractivity contribution in [2.75, 3.05) is 0 Å². The molecule has 0 fully saturated rings. The number of Topliss-reactive ketones (excluding diaryl/α,β-unsaturated/α-hetero) is 2. The number of hydrogen-bond donors (Lipinski definition) is 0. The Morgan fingerprint density at radius 3 is 1.96 bits per heavy atom. The van der Waals surface area contributed by atoms with Crippen LogP contribution < -0.4 is 0 Å². The van der Waals surface area contributed by atoms with E-state index in [4.69, 9.17) is 23.2 Å². The van der Waals surface area contributed by atoms with Gasteiger partial charge in [-0.05, 0) is 35.9 Å². The van der Waals surface area contributed by atoms with Gasteiger partial charge in [-0.25, -0.2) is 0 Å². The zero-order chi connectivity index (χ0) is 19.4. The molecule has 1 aliphatic rings. The summed E-state index contributed by atoms with van der Waals surface area (Å²) in [7, 11) is 0. The van der Waals surface area contributed by atoms with Gasteiger partial charge in [0.05, 0.1) is 26.7 Å². The first-order valence-electron chi connectivity index (χ1n) is 8.41. The van der Waals surface area contributed by atoms with E-state index in [0.717, 1.165) is 14.3 Å². The highest BCUT2D eigenvalue weighted by molar-refractivity contribution is 7.29. The van der Waals surface area contributed by atoms with Gasteiger partial charge in [-0.2, -0.15) is 0 Å². The predicted molar refractivity (Wildman–Crippen MR) is 118 cm³/mol. The summed E-state index contributed by atoms with van der Waals surface area (Å²) in [6.07, 6.45) is 1.65. The van der Waals surface area contributed by atoms with Crippen molar-refractivity contribution in [1.29, 1.82) is 0 Å². The highest BCUT2D eigenvalue weighted by atomic mass is 35.5. The van der Waals surface area contributed by atoms with Gasteiger partial charge in [0, 0.05) is 19.2 Å². The second-order valence-corrected chi connectivity index (χ2v) is 9.36. The van der Waals surface area contributed by atoms with Crippen molar-refractivity contribution in [3.8, 4) is 10.4 Å². The fraction of sp³-hybridized carbons (Fsp3) is 0. The Labute approximate surface area is 178 Å². The van der Waals surface area contributed by atoms with Crippen LogP contribution in [0.5, 0.6) is 0 Å². The van der Waals surface area contributed by atoms with Gasteiger partial charge in [0.25, 0.3) is 0 Å². The molecule has 0 unspecified atom stereocenters. The average Bonchev–Trinajstić information content (AvgIpc) is 3.32. The van der Waals surface area contributed by atoms with Crippen molar-refractivity contribution in [2.45, 2.75) is 0 Å². The number of fused-ring (bicyclic) bond motifs is 2. The summed E-state index contributed by atoms with van der Waals surface area (Å²) in [5.41, 5.74) is 1.70. The third kappa shape index (κ3) is 2.76. The maximum Gasteiger partial charge on any atom is 0.199 e. The van der Waals surface area contributed by atoms with Crippen LogP contribution >= 0.6 is 45.9 Å². The van der Waals surface area contributed by atoms with Crippen LogP contribution in [-0.2, 0) is 0 Å². The number of halogens is 2. The fourth-order valence-corrected chi connectivity index (χ4v) is 6.15. The summed E-state index contributed by atoms with van der Waals surface area (Å²) in [5.74, 6) is -0.733. The van der Waals surface area contributed by atoms with Gasteiger partial charge in [0.1, 0.15) is 0 Å². The van der Waals surface area contributed by atoms with Gasteiger partial charge >= 0.3 is 0 Å². The molecular weight excluding hydrogens is 431 g/mol. The van der Waals surface area contributed by atoms with E-state index in [1.165, 1.54) is 10.4 Å². The van der Waals surface area contributed by atoms with Crippen LogP contribution in [0.4, 0.5) is 0 Å². The van der Waals surface area contributed by atoms with Gasteiger partial charge in [0.2, 0.25) is 0 Å². The molecule has 0 spiro atoms. The van der Waals surface area contributed by atoms with Crippen LogP contribution in [-0.4, -0.2) is 11.6 Å². The summed E-state index contributed by atoms with van der Waals surface area (Å²) in [4.78, 5) is 27.6. The molecular formula is C22H10Cl2O2S2. The van der Waals surface area contributed by atoms with Crippen molar-refractivity contribution >= 4 is 72.9 Å². The Kier molecular flexibility index (Phi) is 4.25. The average molecular weight is 441 g/mol. The Morgan fingerprint density at radius 2 is 1.36 bits per heavy atom. The number of ketones is 2. The van der Waals surface area contributed by atoms with Crippen LogP contribution in [0.3, 0.4) is 0 Å². The molecule has 136 valence electrons. The van der Waals surface area contributed by atoms with Crippen LogP contribution in [0, 0.1) is 0 Å². The van der Waals surface area contributed by atoms with E-state index in [-0.39, 0.29) is 38.3 Å². The predicted octanol–water partition coefficient (Wildman–Crippen LogP) is 7.40. The molecule has 1 aliphatic carbocycles. The molecule has 0 saturated heterocycles. The lowest BCUT2D eigenvalue weighted by molar-refractivity contribution is 0.0990. The van der Waals surface area contributed by atoms with Crippen molar-refractivity contribution in [3.63, 3.8) is 0 Å². The first-order chi connectivity index (χ1) is 13.5. The molecule has 0 N–H and O–H groups in total. The van der Waals surface area contributed by atoms with E-state index >= 15 is 0 Å². The molecule has 0 aliphatic heterocycles. The minimum Gasteiger partial charge on any atom is -0.288 e. The molecule has 6 heteroatoms. The van der Waals surface area contributed by atoms with E-state index in [1.54, 1.807) is 40.9 Å². The van der Waals surface area contributed by atoms with E-state index in [1.807, 2.05) is 24.3 Å². The van der Waals surface area contributed by atoms with Crippen molar-refractivity contribution in [1.82, 2.24) is 0 Å². The third-order valence-corrected chi connectivity index (χ3v) is 7.54. The monoisotopic (exact) mass is 440 g/mol. The number of carbonyl (C=O) groups is 2. The second kappa shape index (κ2) is 6.68. The second-order valence-electron chi connectivity index (χ2n) is 6.35. The molecule has 28 heavy (non-hydrogen) atoms. The SMILES string of the molecule is O=C1C(=Cc2cc3sc(-c4ccccc4)cc3s2)C(=O)c2c(Cl)ccc(Cl)c21. The summed E-state index contributed by atoms with van der Waals surface area (Å²) in [6.45, 7) is 0. The van der Waals surface area contributed by atoms with Crippen LogP contribution in [0.2, 0.25) is 10.0 Å². The molecule has 2 aromatic carbocycles. The lowest BCUT2D eigenvalue weighted by Crippen LogP contribution is -2.00. The van der Waals surface area contributed by atoms with Crippen LogP contribution in [0.15, 0.2) is 60.2 Å². The largest absolute Gasteiger partial charge is 0.288 e. The van der Waals surface area contributed by atoms with Crippen LogP contribution in [0.25, 0.3) is 25.9 Å². The van der Waals surface area contributed by atoms with Crippen LogP contribution in [0.1, 0.15) is 25.6 Å². The molecule has 5 rings (SSSR count).